The molecule has 2 aromatic rings. The average Bonchev–Trinajstić information content (AvgIpc) is 2.41. The maximum Gasteiger partial charge on any atom is 0.339 e. The van der Waals surface area contributed by atoms with Crippen LogP contribution in [0.1, 0.15) is 15.9 Å². The molecule has 2 rings (SSSR count). The molecule has 20 heavy (non-hydrogen) atoms. The summed E-state index contributed by atoms with van der Waals surface area (Å²) in [6.07, 6.45) is 1.54. The van der Waals surface area contributed by atoms with Gasteiger partial charge in [0, 0.05) is 10.7 Å². The van der Waals surface area contributed by atoms with Gasteiger partial charge in [-0.25, -0.2) is 9.78 Å². The summed E-state index contributed by atoms with van der Waals surface area (Å²) < 4.78 is 5.86. The van der Waals surface area contributed by atoms with E-state index in [2.05, 4.69) is 26.2 Å². The first-order chi connectivity index (χ1) is 9.51. The third-order valence-electron chi connectivity index (χ3n) is 2.69. The number of aryl methyl sites for hydroxylation is 1. The lowest BCUT2D eigenvalue weighted by Gasteiger charge is -2.13. The van der Waals surface area contributed by atoms with Gasteiger partial charge in [-0.05, 0) is 46.6 Å². The molecule has 0 radical (unpaired) electrons. The largest absolute Gasteiger partial charge is 0.495 e. The minimum Gasteiger partial charge on any atom is -0.495 e. The highest BCUT2D eigenvalue weighted by atomic mass is 79.9. The topological polar surface area (TPSA) is 71.5 Å². The number of rotatable bonds is 4. The summed E-state index contributed by atoms with van der Waals surface area (Å²) in [5, 5.41) is 12.2. The SMILES string of the molecule is COc1ccc(C)cc1Nc1ncc(Br)cc1C(=O)O. The Bertz CT molecular complexity index is 659. The number of carboxylic acid groups (broad SMARTS) is 1. The van der Waals surface area contributed by atoms with Crippen LogP contribution in [-0.2, 0) is 0 Å². The summed E-state index contributed by atoms with van der Waals surface area (Å²) in [5.41, 5.74) is 1.79. The normalized spacial score (nSPS) is 10.2. The van der Waals surface area contributed by atoms with Crippen LogP contribution in [0.3, 0.4) is 0 Å². The summed E-state index contributed by atoms with van der Waals surface area (Å²) in [6, 6.07) is 7.10. The van der Waals surface area contributed by atoms with Crippen molar-refractivity contribution < 1.29 is 14.6 Å². The zero-order valence-corrected chi connectivity index (χ0v) is 12.6. The number of aromatic nitrogens is 1. The van der Waals surface area contributed by atoms with Crippen LogP contribution in [0.25, 0.3) is 0 Å². The summed E-state index contributed by atoms with van der Waals surface area (Å²) >= 11 is 3.21. The molecule has 0 aliphatic heterocycles. The minimum absolute atomic E-state index is 0.0861. The standard InChI is InChI=1S/C14H13BrN2O3/c1-8-3-4-12(20-2)11(5-8)17-13-10(14(18)19)6-9(15)7-16-13/h3-7H,1-2H3,(H,16,17)(H,18,19). The molecule has 5 nitrogen and oxygen atoms in total. The van der Waals surface area contributed by atoms with Crippen molar-refractivity contribution in [3.63, 3.8) is 0 Å². The second-order valence-electron chi connectivity index (χ2n) is 4.18. The number of nitrogens with one attached hydrogen (secondary N) is 1. The minimum atomic E-state index is -1.05. The van der Waals surface area contributed by atoms with Crippen LogP contribution in [0.15, 0.2) is 34.9 Å². The number of benzene rings is 1. The fourth-order valence-corrected chi connectivity index (χ4v) is 2.08. The highest BCUT2D eigenvalue weighted by Crippen LogP contribution is 2.29. The quantitative estimate of drug-likeness (QED) is 0.892. The Balaban J connectivity index is 2.44. The van der Waals surface area contributed by atoms with Gasteiger partial charge in [-0.1, -0.05) is 6.07 Å². The number of carbonyl (C=O) groups is 1. The van der Waals surface area contributed by atoms with Gasteiger partial charge in [0.1, 0.15) is 17.1 Å². The molecule has 0 amide bonds. The highest BCUT2D eigenvalue weighted by molar-refractivity contribution is 9.10. The lowest BCUT2D eigenvalue weighted by molar-refractivity contribution is 0.0697. The van der Waals surface area contributed by atoms with Gasteiger partial charge in [-0.3, -0.25) is 0 Å². The predicted molar refractivity (Wildman–Crippen MR) is 79.9 cm³/mol. The van der Waals surface area contributed by atoms with Crippen molar-refractivity contribution >= 4 is 33.4 Å². The molecule has 0 bridgehead atoms. The first-order valence-corrected chi connectivity index (χ1v) is 6.61. The van der Waals surface area contributed by atoms with E-state index in [4.69, 9.17) is 4.74 Å². The number of hydrogen-bond donors (Lipinski definition) is 2. The third kappa shape index (κ3) is 3.08. The Hall–Kier alpha value is -2.08. The third-order valence-corrected chi connectivity index (χ3v) is 3.13. The highest BCUT2D eigenvalue weighted by Gasteiger charge is 2.14. The van der Waals surface area contributed by atoms with E-state index in [1.54, 1.807) is 7.11 Å². The number of nitrogens with zero attached hydrogens (tertiary/aromatic N) is 1. The molecule has 0 fully saturated rings. The number of halogens is 1. The van der Waals surface area contributed by atoms with Gasteiger partial charge in [-0.2, -0.15) is 0 Å². The van der Waals surface area contributed by atoms with Crippen molar-refractivity contribution in [3.8, 4) is 5.75 Å². The van der Waals surface area contributed by atoms with Gasteiger partial charge in [0.25, 0.3) is 0 Å². The van der Waals surface area contributed by atoms with Crippen LogP contribution in [0.4, 0.5) is 11.5 Å². The number of aromatic carboxylic acids is 1. The van der Waals surface area contributed by atoms with Gasteiger partial charge in [0.15, 0.2) is 0 Å². The Morgan fingerprint density at radius 3 is 2.80 bits per heavy atom. The number of pyridine rings is 1. The van der Waals surface area contributed by atoms with Gasteiger partial charge in [0.2, 0.25) is 0 Å². The van der Waals surface area contributed by atoms with Crippen molar-refractivity contribution in [2.24, 2.45) is 0 Å². The zero-order chi connectivity index (χ0) is 14.7. The average molecular weight is 337 g/mol. The van der Waals surface area contributed by atoms with Gasteiger partial charge >= 0.3 is 5.97 Å². The predicted octanol–water partition coefficient (Wildman–Crippen LogP) is 3.60. The second-order valence-corrected chi connectivity index (χ2v) is 5.10. The number of anilines is 2. The lowest BCUT2D eigenvalue weighted by Crippen LogP contribution is -2.05. The molecular weight excluding hydrogens is 324 g/mol. The Kier molecular flexibility index (Phi) is 4.24. The first-order valence-electron chi connectivity index (χ1n) is 5.81. The van der Waals surface area contributed by atoms with Crippen molar-refractivity contribution in [2.75, 3.05) is 12.4 Å². The summed E-state index contributed by atoms with van der Waals surface area (Å²) in [5.74, 6) is -0.158. The Morgan fingerprint density at radius 2 is 2.15 bits per heavy atom. The molecule has 2 N–H and O–H groups in total. The van der Waals surface area contributed by atoms with Gasteiger partial charge in [0.05, 0.1) is 12.8 Å². The van der Waals surface area contributed by atoms with Crippen LogP contribution in [0.5, 0.6) is 5.75 Å². The molecule has 6 heteroatoms. The molecule has 0 aliphatic rings. The van der Waals surface area contributed by atoms with Crippen LogP contribution in [0, 0.1) is 6.92 Å². The fraction of sp³-hybridized carbons (Fsp3) is 0.143. The van der Waals surface area contributed by atoms with E-state index < -0.39 is 5.97 Å². The van der Waals surface area contributed by atoms with Crippen LogP contribution >= 0.6 is 15.9 Å². The van der Waals surface area contributed by atoms with E-state index in [0.717, 1.165) is 5.56 Å². The van der Waals surface area contributed by atoms with E-state index in [9.17, 15) is 9.90 Å². The molecule has 0 saturated carbocycles. The molecular formula is C14H13BrN2O3. The van der Waals surface area contributed by atoms with Crippen molar-refractivity contribution in [1.82, 2.24) is 4.98 Å². The number of hydrogen-bond acceptors (Lipinski definition) is 4. The van der Waals surface area contributed by atoms with Crippen molar-refractivity contribution in [1.29, 1.82) is 0 Å². The molecule has 0 saturated heterocycles. The number of carboxylic acids is 1. The fourth-order valence-electron chi connectivity index (χ4n) is 1.75. The van der Waals surface area contributed by atoms with Crippen LogP contribution in [0.2, 0.25) is 0 Å². The second kappa shape index (κ2) is 5.92. The molecule has 1 aromatic carbocycles. The molecule has 1 aromatic heterocycles. The number of methoxy groups -OCH3 is 1. The maximum atomic E-state index is 11.3. The number of ether oxygens (including phenoxy) is 1. The first kappa shape index (κ1) is 14.3. The monoisotopic (exact) mass is 336 g/mol. The molecule has 104 valence electrons. The van der Waals surface area contributed by atoms with E-state index in [1.807, 2.05) is 25.1 Å². The molecule has 0 aliphatic carbocycles. The van der Waals surface area contributed by atoms with E-state index in [-0.39, 0.29) is 11.4 Å². The van der Waals surface area contributed by atoms with Gasteiger partial charge < -0.3 is 15.2 Å². The van der Waals surface area contributed by atoms with Crippen molar-refractivity contribution in [3.05, 3.63) is 46.1 Å². The van der Waals surface area contributed by atoms with E-state index in [0.29, 0.717) is 15.9 Å². The Morgan fingerprint density at radius 1 is 1.40 bits per heavy atom. The van der Waals surface area contributed by atoms with Gasteiger partial charge in [-0.15, -0.1) is 0 Å². The molecule has 0 atom stereocenters. The maximum absolute atomic E-state index is 11.3. The summed E-state index contributed by atoms with van der Waals surface area (Å²) in [7, 11) is 1.56. The van der Waals surface area contributed by atoms with Crippen molar-refractivity contribution in [2.45, 2.75) is 6.92 Å². The molecule has 1 heterocycles. The molecule has 0 spiro atoms. The molecule has 0 unspecified atom stereocenters. The van der Waals surface area contributed by atoms with E-state index in [1.165, 1.54) is 12.3 Å². The summed E-state index contributed by atoms with van der Waals surface area (Å²) in [6.45, 7) is 1.94. The zero-order valence-electron chi connectivity index (χ0n) is 11.0. The Labute approximate surface area is 124 Å². The van der Waals surface area contributed by atoms with Crippen LogP contribution in [-0.4, -0.2) is 23.2 Å². The lowest BCUT2D eigenvalue weighted by atomic mass is 10.2. The summed E-state index contributed by atoms with van der Waals surface area (Å²) in [4.78, 5) is 15.4. The van der Waals surface area contributed by atoms with E-state index >= 15 is 0 Å². The smallest absolute Gasteiger partial charge is 0.339 e. The van der Waals surface area contributed by atoms with Crippen LogP contribution < -0.4 is 10.1 Å².